The van der Waals surface area contributed by atoms with E-state index in [0.29, 0.717) is 0 Å². The number of benzene rings is 1. The van der Waals surface area contributed by atoms with Crippen LogP contribution in [0.3, 0.4) is 0 Å². The van der Waals surface area contributed by atoms with Crippen LogP contribution < -0.4 is 11.1 Å². The largest absolute Gasteiger partial charge is 0.469 e. The molecule has 0 spiro atoms. The van der Waals surface area contributed by atoms with Gasteiger partial charge in [0.2, 0.25) is 5.91 Å². The summed E-state index contributed by atoms with van der Waals surface area (Å²) in [7, 11) is 1.22. The molecule has 3 N–H and O–H groups in total. The molecule has 6 nitrogen and oxygen atoms in total. The summed E-state index contributed by atoms with van der Waals surface area (Å²) < 4.78 is 17.2. The maximum atomic E-state index is 12.7. The molecule has 2 amide bonds. The molecule has 0 bridgehead atoms. The molecule has 1 aromatic carbocycles. The van der Waals surface area contributed by atoms with E-state index in [9.17, 15) is 18.8 Å². The van der Waals surface area contributed by atoms with Crippen molar-refractivity contribution >= 4 is 17.8 Å². The smallest absolute Gasteiger partial charge is 0.305 e. The van der Waals surface area contributed by atoms with Crippen LogP contribution >= 0.6 is 0 Å². The lowest BCUT2D eigenvalue weighted by Gasteiger charge is -2.14. The van der Waals surface area contributed by atoms with Gasteiger partial charge in [-0.15, -0.1) is 0 Å². The fraction of sp³-hybridized carbons (Fsp3) is 0.308. The summed E-state index contributed by atoms with van der Waals surface area (Å²) in [6.45, 7) is 0. The lowest BCUT2D eigenvalue weighted by atomic mass is 10.1. The zero-order chi connectivity index (χ0) is 15.1. The molecule has 0 saturated carbocycles. The Kier molecular flexibility index (Phi) is 5.64. The lowest BCUT2D eigenvalue weighted by molar-refractivity contribution is -0.140. The summed E-state index contributed by atoms with van der Waals surface area (Å²) in [4.78, 5) is 34.0. The molecule has 0 saturated heterocycles. The number of ether oxygens (including phenoxy) is 1. The van der Waals surface area contributed by atoms with Crippen molar-refractivity contribution in [2.45, 2.75) is 18.9 Å². The van der Waals surface area contributed by atoms with Gasteiger partial charge in [-0.1, -0.05) is 0 Å². The summed E-state index contributed by atoms with van der Waals surface area (Å²) in [6.07, 6.45) is -0.0112. The highest BCUT2D eigenvalue weighted by atomic mass is 19.1. The van der Waals surface area contributed by atoms with E-state index >= 15 is 0 Å². The second-order valence-corrected chi connectivity index (χ2v) is 4.05. The minimum atomic E-state index is -0.994. The van der Waals surface area contributed by atoms with Crippen LogP contribution in [0, 0.1) is 5.82 Å². The molecule has 0 aromatic heterocycles. The monoisotopic (exact) mass is 282 g/mol. The van der Waals surface area contributed by atoms with Gasteiger partial charge in [0, 0.05) is 12.0 Å². The number of primary amides is 1. The summed E-state index contributed by atoms with van der Waals surface area (Å²) in [6, 6.07) is 3.82. The van der Waals surface area contributed by atoms with Crippen molar-refractivity contribution in [1.29, 1.82) is 0 Å². The topological polar surface area (TPSA) is 98.5 Å². The van der Waals surface area contributed by atoms with Crippen molar-refractivity contribution in [2.24, 2.45) is 5.73 Å². The lowest BCUT2D eigenvalue weighted by Crippen LogP contribution is -2.44. The molecule has 1 aromatic rings. The first-order valence-corrected chi connectivity index (χ1v) is 5.86. The van der Waals surface area contributed by atoms with Crippen molar-refractivity contribution in [3.8, 4) is 0 Å². The molecule has 0 aliphatic rings. The Morgan fingerprint density at radius 3 is 2.40 bits per heavy atom. The predicted molar refractivity (Wildman–Crippen MR) is 68.1 cm³/mol. The Morgan fingerprint density at radius 2 is 1.90 bits per heavy atom. The number of carbonyl (C=O) groups excluding carboxylic acids is 3. The molecule has 0 aliphatic heterocycles. The van der Waals surface area contributed by atoms with E-state index in [1.807, 2.05) is 0 Å². The fourth-order valence-electron chi connectivity index (χ4n) is 1.49. The van der Waals surface area contributed by atoms with Gasteiger partial charge in [0.05, 0.1) is 7.11 Å². The zero-order valence-corrected chi connectivity index (χ0v) is 10.9. The molecule has 0 aliphatic carbocycles. The summed E-state index contributed by atoms with van der Waals surface area (Å²) in [5, 5.41) is 2.39. The first-order valence-electron chi connectivity index (χ1n) is 5.86. The molecule has 1 rings (SSSR count). The van der Waals surface area contributed by atoms with Crippen molar-refractivity contribution < 1.29 is 23.5 Å². The van der Waals surface area contributed by atoms with Crippen LogP contribution in [0.25, 0.3) is 0 Å². The van der Waals surface area contributed by atoms with E-state index in [1.54, 1.807) is 0 Å². The molecule has 1 atom stereocenters. The second kappa shape index (κ2) is 7.22. The third-order valence-corrected chi connectivity index (χ3v) is 2.62. The molecule has 7 heteroatoms. The van der Waals surface area contributed by atoms with Gasteiger partial charge in [-0.05, 0) is 30.7 Å². The number of carbonyl (C=O) groups is 3. The van der Waals surface area contributed by atoms with Crippen molar-refractivity contribution in [3.05, 3.63) is 35.6 Å². The van der Waals surface area contributed by atoms with Crippen LogP contribution in [0.1, 0.15) is 23.2 Å². The Bertz CT molecular complexity index is 502. The molecular weight excluding hydrogens is 267 g/mol. The van der Waals surface area contributed by atoms with Gasteiger partial charge in [0.15, 0.2) is 0 Å². The number of esters is 1. The second-order valence-electron chi connectivity index (χ2n) is 4.05. The Labute approximate surface area is 115 Å². The maximum Gasteiger partial charge on any atom is 0.305 e. The molecule has 20 heavy (non-hydrogen) atoms. The molecule has 0 heterocycles. The molecule has 0 unspecified atom stereocenters. The SMILES string of the molecule is COC(=O)CC[C@H](NC(=O)c1ccc(F)cc1)C(N)=O. The number of amides is 2. The van der Waals surface area contributed by atoms with Crippen LogP contribution in [0.15, 0.2) is 24.3 Å². The van der Waals surface area contributed by atoms with Gasteiger partial charge >= 0.3 is 5.97 Å². The first-order chi connectivity index (χ1) is 9.43. The van der Waals surface area contributed by atoms with Crippen molar-refractivity contribution in [3.63, 3.8) is 0 Å². The highest BCUT2D eigenvalue weighted by molar-refractivity contribution is 5.97. The molecule has 0 fully saturated rings. The number of halogens is 1. The van der Waals surface area contributed by atoms with Gasteiger partial charge in [0.25, 0.3) is 5.91 Å². The Balaban J connectivity index is 2.65. The normalized spacial score (nSPS) is 11.5. The average Bonchev–Trinajstić information content (AvgIpc) is 2.43. The fourth-order valence-corrected chi connectivity index (χ4v) is 1.49. The van der Waals surface area contributed by atoms with E-state index in [1.165, 1.54) is 19.2 Å². The molecule has 108 valence electrons. The Hall–Kier alpha value is -2.44. The van der Waals surface area contributed by atoms with E-state index in [-0.39, 0.29) is 18.4 Å². The third kappa shape index (κ3) is 4.68. The van der Waals surface area contributed by atoms with Crippen LogP contribution in [0.5, 0.6) is 0 Å². The standard InChI is InChI=1S/C13H15FN2O4/c1-20-11(17)7-6-10(12(15)18)16-13(19)8-2-4-9(14)5-3-8/h2-5,10H,6-7H2,1H3,(H2,15,18)(H,16,19)/t10-/m0/s1. The predicted octanol–water partition coefficient (Wildman–Crippen LogP) is 0.363. The van der Waals surface area contributed by atoms with E-state index in [4.69, 9.17) is 5.73 Å². The van der Waals surface area contributed by atoms with Gasteiger partial charge in [0.1, 0.15) is 11.9 Å². The molecular formula is C13H15FN2O4. The quantitative estimate of drug-likeness (QED) is 0.736. The van der Waals surface area contributed by atoms with Crippen LogP contribution in [0.2, 0.25) is 0 Å². The summed E-state index contributed by atoms with van der Waals surface area (Å²) in [5.74, 6) is -2.31. The van der Waals surface area contributed by atoms with Gasteiger partial charge in [-0.25, -0.2) is 4.39 Å². The van der Waals surface area contributed by atoms with E-state index < -0.39 is 29.6 Å². The van der Waals surface area contributed by atoms with Gasteiger partial charge < -0.3 is 15.8 Å². The van der Waals surface area contributed by atoms with Crippen LogP contribution in [-0.2, 0) is 14.3 Å². The number of methoxy groups -OCH3 is 1. The highest BCUT2D eigenvalue weighted by Gasteiger charge is 2.20. The number of nitrogens with one attached hydrogen (secondary N) is 1. The van der Waals surface area contributed by atoms with Crippen LogP contribution in [-0.4, -0.2) is 30.9 Å². The minimum Gasteiger partial charge on any atom is -0.469 e. The van der Waals surface area contributed by atoms with Gasteiger partial charge in [-0.3, -0.25) is 14.4 Å². The number of rotatable bonds is 6. The number of hydrogen-bond donors (Lipinski definition) is 2. The van der Waals surface area contributed by atoms with E-state index in [0.717, 1.165) is 12.1 Å². The van der Waals surface area contributed by atoms with Gasteiger partial charge in [-0.2, -0.15) is 0 Å². The maximum absolute atomic E-state index is 12.7. The third-order valence-electron chi connectivity index (χ3n) is 2.62. The summed E-state index contributed by atoms with van der Waals surface area (Å²) in [5.41, 5.74) is 5.34. The number of nitrogens with two attached hydrogens (primary N) is 1. The van der Waals surface area contributed by atoms with E-state index in [2.05, 4.69) is 10.1 Å². The first kappa shape index (κ1) is 15.6. The Morgan fingerprint density at radius 1 is 1.30 bits per heavy atom. The number of hydrogen-bond acceptors (Lipinski definition) is 4. The van der Waals surface area contributed by atoms with Crippen LogP contribution in [0.4, 0.5) is 4.39 Å². The average molecular weight is 282 g/mol. The van der Waals surface area contributed by atoms with Crippen molar-refractivity contribution in [2.75, 3.05) is 7.11 Å². The van der Waals surface area contributed by atoms with Crippen molar-refractivity contribution in [1.82, 2.24) is 5.32 Å². The highest BCUT2D eigenvalue weighted by Crippen LogP contribution is 2.05. The molecule has 0 radical (unpaired) electrons. The summed E-state index contributed by atoms with van der Waals surface area (Å²) >= 11 is 0. The zero-order valence-electron chi connectivity index (χ0n) is 10.9. The minimum absolute atomic E-state index is 0.0366.